The van der Waals surface area contributed by atoms with Crippen LogP contribution >= 0.6 is 22.7 Å². The lowest BCUT2D eigenvalue weighted by atomic mass is 10.2. The molecular formula is C24H25N5O2S2. The van der Waals surface area contributed by atoms with Gasteiger partial charge in [-0.2, -0.15) is 0 Å². The highest BCUT2D eigenvalue weighted by Gasteiger charge is 2.17. The number of rotatable bonds is 3. The Labute approximate surface area is 200 Å². The molecule has 3 N–H and O–H groups in total. The van der Waals surface area contributed by atoms with Gasteiger partial charge in [0, 0.05) is 0 Å². The minimum Gasteiger partial charge on any atom is -0.465 e. The van der Waals surface area contributed by atoms with E-state index in [1.807, 2.05) is 62.4 Å². The number of hydrogen-bond donors (Lipinski definition) is 2. The van der Waals surface area contributed by atoms with Crippen LogP contribution in [0.1, 0.15) is 24.2 Å². The van der Waals surface area contributed by atoms with E-state index in [9.17, 15) is 4.79 Å². The van der Waals surface area contributed by atoms with Crippen LogP contribution in [0.15, 0.2) is 60.7 Å². The first kappa shape index (κ1) is 24.4. The highest BCUT2D eigenvalue weighted by atomic mass is 32.1. The molecule has 9 heteroatoms. The monoisotopic (exact) mass is 479 g/mol. The van der Waals surface area contributed by atoms with E-state index in [1.165, 1.54) is 7.11 Å². The summed E-state index contributed by atoms with van der Waals surface area (Å²) in [5.74, 6) is 4.19. The summed E-state index contributed by atoms with van der Waals surface area (Å²) in [5, 5.41) is 1.52. The highest BCUT2D eigenvalue weighted by Crippen LogP contribution is 2.34. The van der Waals surface area contributed by atoms with E-state index in [0.29, 0.717) is 17.0 Å². The van der Waals surface area contributed by atoms with Crippen molar-refractivity contribution < 1.29 is 9.53 Å². The summed E-state index contributed by atoms with van der Waals surface area (Å²) in [6.45, 7) is 4.00. The Morgan fingerprint density at radius 3 is 1.67 bits per heavy atom. The molecule has 5 aromatic rings. The average molecular weight is 480 g/mol. The number of hydrazine groups is 1. The number of hydrogen-bond acceptors (Lipinski definition) is 9. The highest BCUT2D eigenvalue weighted by molar-refractivity contribution is 7.22. The zero-order valence-corrected chi connectivity index (χ0v) is 20.5. The molecule has 0 aliphatic rings. The second-order valence-electron chi connectivity index (χ2n) is 6.38. The fraction of sp³-hybridized carbons (Fsp3) is 0.167. The summed E-state index contributed by atoms with van der Waals surface area (Å²) in [4.78, 5) is 26.4. The maximum absolute atomic E-state index is 12.2. The van der Waals surface area contributed by atoms with Crippen LogP contribution in [0.25, 0.3) is 41.8 Å². The Bertz CT molecular complexity index is 1210. The van der Waals surface area contributed by atoms with E-state index < -0.39 is 5.97 Å². The Hall–Kier alpha value is -3.24. The minimum absolute atomic E-state index is 0.410. The van der Waals surface area contributed by atoms with Crippen molar-refractivity contribution in [3.8, 4) is 21.4 Å². The van der Waals surface area contributed by atoms with Crippen LogP contribution in [0, 0.1) is 0 Å². The molecular weight excluding hydrogens is 454 g/mol. The first-order valence-corrected chi connectivity index (χ1v) is 12.0. The van der Waals surface area contributed by atoms with E-state index in [4.69, 9.17) is 9.72 Å². The third-order valence-electron chi connectivity index (χ3n) is 4.27. The number of para-hydroxylation sites is 2. The molecule has 0 saturated carbocycles. The molecule has 0 atom stereocenters. The number of pyridine rings is 1. The number of thiazole rings is 2. The predicted molar refractivity (Wildman–Crippen MR) is 137 cm³/mol. The Morgan fingerprint density at radius 2 is 1.27 bits per heavy atom. The molecule has 3 heterocycles. The number of benzene rings is 2. The minimum atomic E-state index is -0.410. The van der Waals surface area contributed by atoms with Crippen molar-refractivity contribution >= 4 is 49.1 Å². The molecule has 0 amide bonds. The number of nitrogens with two attached hydrogens (primary N) is 1. The number of carbonyl (C=O) groups excluding carboxylic acids is 1. The summed E-state index contributed by atoms with van der Waals surface area (Å²) in [6.07, 6.45) is 0. The molecule has 3 aromatic heterocycles. The van der Waals surface area contributed by atoms with Crippen molar-refractivity contribution in [2.45, 2.75) is 13.8 Å². The number of aromatic nitrogens is 3. The van der Waals surface area contributed by atoms with Crippen molar-refractivity contribution in [3.63, 3.8) is 0 Å². The third-order valence-corrected chi connectivity index (χ3v) is 6.39. The number of ether oxygens (including phenoxy) is 1. The fourth-order valence-electron chi connectivity index (χ4n) is 2.95. The number of nitrogens with one attached hydrogen (secondary N) is 1. The Balaban J connectivity index is 0.000000569. The summed E-state index contributed by atoms with van der Waals surface area (Å²) in [7, 11) is 3.03. The molecule has 5 rings (SSSR count). The van der Waals surface area contributed by atoms with Crippen molar-refractivity contribution in [2.75, 3.05) is 14.2 Å². The van der Waals surface area contributed by atoms with Gasteiger partial charge in [-0.3, -0.25) is 11.3 Å². The molecule has 0 fully saturated rings. The number of methoxy groups -OCH3 is 1. The van der Waals surface area contributed by atoms with Crippen LogP contribution in [0.3, 0.4) is 0 Å². The van der Waals surface area contributed by atoms with Gasteiger partial charge < -0.3 is 4.74 Å². The van der Waals surface area contributed by atoms with E-state index in [1.54, 1.807) is 41.9 Å². The van der Waals surface area contributed by atoms with Gasteiger partial charge in [-0.05, 0) is 43.4 Å². The smallest absolute Gasteiger partial charge is 0.338 e. The van der Waals surface area contributed by atoms with Gasteiger partial charge in [-0.15, -0.1) is 22.7 Å². The third kappa shape index (κ3) is 5.58. The van der Waals surface area contributed by atoms with Gasteiger partial charge in [-0.25, -0.2) is 19.7 Å². The topological polar surface area (TPSA) is 103 Å². The summed E-state index contributed by atoms with van der Waals surface area (Å²) >= 11 is 3.09. The lowest BCUT2D eigenvalue weighted by molar-refractivity contribution is 0.0600. The molecule has 0 aliphatic carbocycles. The number of fused-ring (bicyclic) bond motifs is 2. The molecule has 0 unspecified atom stereocenters. The molecule has 170 valence electrons. The van der Waals surface area contributed by atoms with E-state index >= 15 is 0 Å². The van der Waals surface area contributed by atoms with E-state index in [2.05, 4.69) is 21.2 Å². The maximum atomic E-state index is 12.2. The number of carbonyl (C=O) groups is 1. The van der Waals surface area contributed by atoms with Crippen molar-refractivity contribution in [3.05, 3.63) is 66.2 Å². The van der Waals surface area contributed by atoms with Gasteiger partial charge >= 0.3 is 5.97 Å². The van der Waals surface area contributed by atoms with Gasteiger partial charge in [0.05, 0.1) is 33.1 Å². The average Bonchev–Trinajstić information content (AvgIpc) is 3.49. The predicted octanol–water partition coefficient (Wildman–Crippen LogP) is 5.53. The Morgan fingerprint density at radius 1 is 0.848 bits per heavy atom. The first-order valence-electron chi connectivity index (χ1n) is 10.3. The molecule has 0 spiro atoms. The van der Waals surface area contributed by atoms with Crippen LogP contribution < -0.4 is 11.3 Å². The van der Waals surface area contributed by atoms with Crippen LogP contribution in [-0.2, 0) is 4.74 Å². The fourth-order valence-corrected chi connectivity index (χ4v) is 4.80. The molecule has 0 aliphatic heterocycles. The second-order valence-corrected chi connectivity index (χ2v) is 8.44. The standard InChI is InChI=1S/C21H13N3O2S2.C2H6.CH6N2/c1-26-21(25)12-10-15(19-23-13-6-2-4-8-17(13)27-19)22-16(11-12)20-24-14-7-3-5-9-18(14)28-20;1-2;1-3-2/h2-11H,1H3;1-2H3;3H,2H2,1H3. The molecule has 33 heavy (non-hydrogen) atoms. The summed E-state index contributed by atoms with van der Waals surface area (Å²) < 4.78 is 7.08. The van der Waals surface area contributed by atoms with Crippen molar-refractivity contribution in [1.29, 1.82) is 0 Å². The summed E-state index contributed by atoms with van der Waals surface area (Å²) in [5.41, 5.74) is 5.78. The number of esters is 1. The zero-order chi connectivity index (χ0) is 23.8. The van der Waals surface area contributed by atoms with Crippen LogP contribution in [0.2, 0.25) is 0 Å². The van der Waals surface area contributed by atoms with Crippen LogP contribution in [0.4, 0.5) is 0 Å². The quantitative estimate of drug-likeness (QED) is 0.199. The van der Waals surface area contributed by atoms with Gasteiger partial charge in [0.2, 0.25) is 0 Å². The van der Waals surface area contributed by atoms with Crippen molar-refractivity contribution in [2.24, 2.45) is 5.84 Å². The summed E-state index contributed by atoms with van der Waals surface area (Å²) in [6, 6.07) is 19.3. The second kappa shape index (κ2) is 11.6. The number of nitrogens with zero attached hydrogens (tertiary/aromatic N) is 3. The molecule has 2 aromatic carbocycles. The van der Waals surface area contributed by atoms with Crippen molar-refractivity contribution in [1.82, 2.24) is 20.4 Å². The maximum Gasteiger partial charge on any atom is 0.338 e. The van der Waals surface area contributed by atoms with E-state index in [-0.39, 0.29) is 0 Å². The van der Waals surface area contributed by atoms with Gasteiger partial charge in [0.25, 0.3) is 0 Å². The van der Waals surface area contributed by atoms with Gasteiger partial charge in [0.1, 0.15) is 21.4 Å². The molecule has 0 saturated heterocycles. The largest absolute Gasteiger partial charge is 0.465 e. The SMILES string of the molecule is CC.CNN.COC(=O)c1cc(-c2nc3ccccc3s2)nc(-c2nc3ccccc3s2)c1. The Kier molecular flexibility index (Phi) is 8.56. The molecule has 0 radical (unpaired) electrons. The first-order chi connectivity index (χ1) is 16.1. The molecule has 7 nitrogen and oxygen atoms in total. The van der Waals surface area contributed by atoms with Crippen LogP contribution in [-0.4, -0.2) is 35.1 Å². The van der Waals surface area contributed by atoms with Gasteiger partial charge in [-0.1, -0.05) is 38.1 Å². The van der Waals surface area contributed by atoms with Crippen LogP contribution in [0.5, 0.6) is 0 Å². The van der Waals surface area contributed by atoms with Gasteiger partial charge in [0.15, 0.2) is 0 Å². The zero-order valence-electron chi connectivity index (χ0n) is 18.8. The molecule has 0 bridgehead atoms. The van der Waals surface area contributed by atoms with E-state index in [0.717, 1.165) is 30.4 Å². The lowest BCUT2D eigenvalue weighted by Gasteiger charge is -2.05. The lowest BCUT2D eigenvalue weighted by Crippen LogP contribution is -2.13. The normalized spacial score (nSPS) is 10.2.